The summed E-state index contributed by atoms with van der Waals surface area (Å²) in [4.78, 5) is 21.0. The Bertz CT molecular complexity index is 1410. The SMILES string of the molecule is CCN1CCN(Cc2ccc(NC(=O)Nc3ccc(Oc4ccnc5c4OCCCN5)cc3F)cc2C(F)(F)F)CC1. The summed E-state index contributed by atoms with van der Waals surface area (Å²) in [6.45, 7) is 7.25. The maximum absolute atomic E-state index is 14.9. The lowest BCUT2D eigenvalue weighted by molar-refractivity contribution is -0.138. The molecule has 9 nitrogen and oxygen atoms in total. The number of urea groups is 1. The van der Waals surface area contributed by atoms with Crippen molar-refractivity contribution in [2.24, 2.45) is 0 Å². The van der Waals surface area contributed by atoms with Gasteiger partial charge < -0.3 is 30.3 Å². The third-order valence-electron chi connectivity index (χ3n) is 7.12. The maximum Gasteiger partial charge on any atom is 0.416 e. The van der Waals surface area contributed by atoms with Gasteiger partial charge in [0.25, 0.3) is 0 Å². The number of halogens is 4. The number of piperazine rings is 1. The number of carbonyl (C=O) groups excluding carboxylic acids is 1. The highest BCUT2D eigenvalue weighted by atomic mass is 19.4. The monoisotopic (exact) mass is 588 g/mol. The topological polar surface area (TPSA) is 91.0 Å². The smallest absolute Gasteiger partial charge is 0.416 e. The van der Waals surface area contributed by atoms with Crippen LogP contribution in [-0.2, 0) is 12.7 Å². The van der Waals surface area contributed by atoms with Crippen LogP contribution in [0.4, 0.5) is 39.5 Å². The Morgan fingerprint density at radius 1 is 1.07 bits per heavy atom. The average Bonchev–Trinajstić information content (AvgIpc) is 3.22. The van der Waals surface area contributed by atoms with Crippen LogP contribution in [-0.4, -0.2) is 66.7 Å². The molecule has 0 atom stereocenters. The number of fused-ring (bicyclic) bond motifs is 1. The zero-order valence-electron chi connectivity index (χ0n) is 23.1. The molecule has 224 valence electrons. The molecule has 1 fully saturated rings. The van der Waals surface area contributed by atoms with Crippen LogP contribution in [0.3, 0.4) is 0 Å². The van der Waals surface area contributed by atoms with E-state index in [0.717, 1.165) is 38.2 Å². The number of rotatable bonds is 7. The first-order chi connectivity index (χ1) is 20.2. The molecule has 2 amide bonds. The standard InChI is InChI=1S/C29H32F4N6O3/c1-2-38-11-13-39(14-12-38)18-19-4-5-20(16-22(19)29(31,32)33)36-28(40)37-24-7-6-21(17-23(24)30)42-25-8-10-35-27-26(25)41-15-3-9-34-27/h4-8,10,16-17H,2-3,9,11-15,18H2,1H3,(H,34,35)(H2,36,37,40). The lowest BCUT2D eigenvalue weighted by atomic mass is 10.0. The van der Waals surface area contributed by atoms with Crippen molar-refractivity contribution in [2.75, 3.05) is 61.8 Å². The van der Waals surface area contributed by atoms with E-state index >= 15 is 0 Å². The number of alkyl halides is 3. The number of aromatic nitrogens is 1. The minimum absolute atomic E-state index is 0.0632. The fraction of sp³-hybridized carbons (Fsp3) is 0.379. The molecular formula is C29H32F4N6O3. The predicted octanol–water partition coefficient (Wildman–Crippen LogP) is 6.01. The summed E-state index contributed by atoms with van der Waals surface area (Å²) in [6.07, 6.45) is -2.28. The summed E-state index contributed by atoms with van der Waals surface area (Å²) in [5, 5.41) is 7.85. The zero-order valence-corrected chi connectivity index (χ0v) is 23.1. The lowest BCUT2D eigenvalue weighted by Crippen LogP contribution is -2.45. The second-order valence-electron chi connectivity index (χ2n) is 10.0. The molecule has 1 aromatic heterocycles. The number of hydrogen-bond donors (Lipinski definition) is 3. The minimum atomic E-state index is -4.61. The number of nitrogens with one attached hydrogen (secondary N) is 3. The first-order valence-corrected chi connectivity index (χ1v) is 13.8. The van der Waals surface area contributed by atoms with Crippen LogP contribution >= 0.6 is 0 Å². The summed E-state index contributed by atoms with van der Waals surface area (Å²) >= 11 is 0. The number of carbonyl (C=O) groups is 1. The molecule has 2 aliphatic rings. The van der Waals surface area contributed by atoms with Gasteiger partial charge in [-0.15, -0.1) is 0 Å². The van der Waals surface area contributed by atoms with Gasteiger partial charge in [-0.1, -0.05) is 13.0 Å². The van der Waals surface area contributed by atoms with Crippen LogP contribution in [0.2, 0.25) is 0 Å². The Hall–Kier alpha value is -4.10. The van der Waals surface area contributed by atoms with E-state index in [-0.39, 0.29) is 29.2 Å². The number of nitrogens with zero attached hydrogens (tertiary/aromatic N) is 3. The van der Waals surface area contributed by atoms with Gasteiger partial charge in [0.1, 0.15) is 11.6 Å². The van der Waals surface area contributed by atoms with Gasteiger partial charge in [0, 0.05) is 63.3 Å². The van der Waals surface area contributed by atoms with E-state index in [0.29, 0.717) is 43.6 Å². The molecule has 2 aliphatic heterocycles. The largest absolute Gasteiger partial charge is 0.486 e. The summed E-state index contributed by atoms with van der Waals surface area (Å²) in [7, 11) is 0. The van der Waals surface area contributed by atoms with Crippen LogP contribution in [0.25, 0.3) is 0 Å². The van der Waals surface area contributed by atoms with E-state index in [1.807, 2.05) is 4.90 Å². The predicted molar refractivity (Wildman–Crippen MR) is 151 cm³/mol. The molecule has 0 aliphatic carbocycles. The Morgan fingerprint density at radius 2 is 1.86 bits per heavy atom. The summed E-state index contributed by atoms with van der Waals surface area (Å²) in [6, 6.07) is 8.22. The van der Waals surface area contributed by atoms with Crippen LogP contribution in [0.15, 0.2) is 48.7 Å². The molecule has 3 aromatic rings. The van der Waals surface area contributed by atoms with Gasteiger partial charge in [0.2, 0.25) is 5.75 Å². The molecule has 0 saturated carbocycles. The second-order valence-corrected chi connectivity index (χ2v) is 10.0. The Morgan fingerprint density at radius 3 is 2.60 bits per heavy atom. The van der Waals surface area contributed by atoms with E-state index in [9.17, 15) is 22.4 Å². The Balaban J connectivity index is 1.23. The van der Waals surface area contributed by atoms with E-state index in [4.69, 9.17) is 9.47 Å². The van der Waals surface area contributed by atoms with Crippen LogP contribution in [0, 0.1) is 5.82 Å². The van der Waals surface area contributed by atoms with Crippen molar-refractivity contribution in [3.8, 4) is 17.2 Å². The number of benzene rings is 2. The fourth-order valence-electron chi connectivity index (χ4n) is 4.86. The highest BCUT2D eigenvalue weighted by molar-refractivity contribution is 6.00. The van der Waals surface area contributed by atoms with Gasteiger partial charge in [-0.2, -0.15) is 13.2 Å². The molecule has 3 N–H and O–H groups in total. The fourth-order valence-corrected chi connectivity index (χ4v) is 4.86. The molecule has 0 unspecified atom stereocenters. The second kappa shape index (κ2) is 12.8. The Labute approximate surface area is 240 Å². The number of hydrogen-bond acceptors (Lipinski definition) is 7. The average molecular weight is 589 g/mol. The zero-order chi connectivity index (χ0) is 29.7. The van der Waals surface area contributed by atoms with Crippen LogP contribution in [0.5, 0.6) is 17.2 Å². The van der Waals surface area contributed by atoms with E-state index < -0.39 is 23.6 Å². The molecule has 0 spiro atoms. The normalized spacial score (nSPS) is 16.0. The molecule has 5 rings (SSSR count). The van der Waals surface area contributed by atoms with Crippen molar-refractivity contribution in [1.82, 2.24) is 14.8 Å². The minimum Gasteiger partial charge on any atom is -0.486 e. The van der Waals surface area contributed by atoms with Crippen molar-refractivity contribution in [1.29, 1.82) is 0 Å². The molecular weight excluding hydrogens is 556 g/mol. The molecule has 0 radical (unpaired) electrons. The van der Waals surface area contributed by atoms with E-state index in [1.54, 1.807) is 6.07 Å². The van der Waals surface area contributed by atoms with Crippen LogP contribution in [0.1, 0.15) is 24.5 Å². The molecule has 13 heteroatoms. The number of anilines is 3. The van der Waals surface area contributed by atoms with E-state index in [1.165, 1.54) is 30.5 Å². The van der Waals surface area contributed by atoms with Crippen molar-refractivity contribution in [3.63, 3.8) is 0 Å². The van der Waals surface area contributed by atoms with Gasteiger partial charge in [-0.05, 0) is 42.8 Å². The first-order valence-electron chi connectivity index (χ1n) is 13.8. The summed E-state index contributed by atoms with van der Waals surface area (Å²) in [5.74, 6) is 0.647. The first kappa shape index (κ1) is 29.4. The van der Waals surface area contributed by atoms with Crippen LogP contribution < -0.4 is 25.4 Å². The van der Waals surface area contributed by atoms with Crippen molar-refractivity contribution in [2.45, 2.75) is 26.1 Å². The summed E-state index contributed by atoms with van der Waals surface area (Å²) in [5.41, 5.74) is -0.927. The van der Waals surface area contributed by atoms with Crippen molar-refractivity contribution < 1.29 is 31.8 Å². The number of likely N-dealkylation sites (N-methyl/N-ethyl adjacent to an activating group) is 1. The molecule has 3 heterocycles. The summed E-state index contributed by atoms with van der Waals surface area (Å²) < 4.78 is 68.1. The van der Waals surface area contributed by atoms with Gasteiger partial charge in [-0.25, -0.2) is 14.2 Å². The highest BCUT2D eigenvalue weighted by Crippen LogP contribution is 2.38. The van der Waals surface area contributed by atoms with Gasteiger partial charge in [0.05, 0.1) is 17.9 Å². The third kappa shape index (κ3) is 7.21. The highest BCUT2D eigenvalue weighted by Gasteiger charge is 2.34. The quantitative estimate of drug-likeness (QED) is 0.292. The molecule has 2 aromatic carbocycles. The number of amides is 2. The third-order valence-corrected chi connectivity index (χ3v) is 7.12. The molecule has 0 bridgehead atoms. The maximum atomic E-state index is 14.9. The van der Waals surface area contributed by atoms with Gasteiger partial charge in [-0.3, -0.25) is 4.90 Å². The lowest BCUT2D eigenvalue weighted by Gasteiger charge is -2.34. The van der Waals surface area contributed by atoms with Crippen molar-refractivity contribution >= 4 is 23.2 Å². The molecule has 1 saturated heterocycles. The van der Waals surface area contributed by atoms with E-state index in [2.05, 4.69) is 32.8 Å². The van der Waals surface area contributed by atoms with Gasteiger partial charge >= 0.3 is 12.2 Å². The number of ether oxygens (including phenoxy) is 2. The molecule has 42 heavy (non-hydrogen) atoms. The van der Waals surface area contributed by atoms with Gasteiger partial charge in [0.15, 0.2) is 11.6 Å². The Kier molecular flexibility index (Phi) is 8.97. The van der Waals surface area contributed by atoms with Crippen molar-refractivity contribution in [3.05, 3.63) is 65.6 Å². The number of pyridine rings is 1.